The molecule has 11 nitrogen and oxygen atoms in total. The van der Waals surface area contributed by atoms with Crippen LogP contribution in [0.4, 0.5) is 0 Å². The third-order valence-electron chi connectivity index (χ3n) is 3.88. The van der Waals surface area contributed by atoms with Crippen molar-refractivity contribution in [2.45, 2.75) is 44.3 Å². The smallest absolute Gasteiger partial charge is 0.332 e. The number of nitrogens with one attached hydrogen (secondary N) is 2. The average Bonchev–Trinajstić information content (AvgIpc) is 2.64. The quantitative estimate of drug-likeness (QED) is 0.134. The van der Waals surface area contributed by atoms with Gasteiger partial charge in [0.1, 0.15) is 18.3 Å². The summed E-state index contributed by atoms with van der Waals surface area (Å²) in [7, 11) is 0. The maximum atomic E-state index is 12.2. The van der Waals surface area contributed by atoms with E-state index in [1.54, 1.807) is 0 Å². The molecule has 0 bridgehead atoms. The fourth-order valence-corrected chi connectivity index (χ4v) is 2.56. The van der Waals surface area contributed by atoms with Crippen molar-refractivity contribution < 1.29 is 35.1 Å². The highest BCUT2D eigenvalue weighted by Crippen LogP contribution is 2.18. The van der Waals surface area contributed by atoms with E-state index < -0.39 is 60.6 Å². The monoisotopic (exact) mass is 417 g/mol. The first-order valence-electron chi connectivity index (χ1n) is 8.13. The van der Waals surface area contributed by atoms with Gasteiger partial charge in [-0.25, -0.2) is 4.79 Å². The van der Waals surface area contributed by atoms with E-state index in [-0.39, 0.29) is 16.9 Å². The van der Waals surface area contributed by atoms with Gasteiger partial charge in [-0.15, -0.1) is 6.58 Å². The van der Waals surface area contributed by atoms with Gasteiger partial charge in [0.05, 0.1) is 12.2 Å². The molecule has 1 rings (SSSR count). The molecule has 0 spiro atoms. The molecule has 0 saturated carbocycles. The van der Waals surface area contributed by atoms with E-state index in [0.717, 1.165) is 11.5 Å². The Kier molecular flexibility index (Phi) is 8.65. The first kappa shape index (κ1) is 23.7. The summed E-state index contributed by atoms with van der Waals surface area (Å²) in [5, 5.41) is 56.2. The van der Waals surface area contributed by atoms with E-state index in [4.69, 9.17) is 32.6 Å². The molecule has 7 N–H and O–H groups in total. The minimum Gasteiger partial charge on any atom is -0.494 e. The van der Waals surface area contributed by atoms with E-state index in [1.807, 2.05) is 0 Å². The van der Waals surface area contributed by atoms with Gasteiger partial charge in [0.15, 0.2) is 10.9 Å². The largest absolute Gasteiger partial charge is 0.494 e. The molecule has 28 heavy (non-hydrogen) atoms. The zero-order valence-electron chi connectivity index (χ0n) is 15.0. The number of aliphatic hydroxyl groups excluding tert-OH is 3. The first-order chi connectivity index (χ1) is 13.0. The summed E-state index contributed by atoms with van der Waals surface area (Å²) in [5.74, 6) is -1.91. The van der Waals surface area contributed by atoms with Crippen molar-refractivity contribution in [2.75, 3.05) is 6.61 Å². The van der Waals surface area contributed by atoms with Crippen LogP contribution in [0.15, 0.2) is 17.4 Å². The lowest BCUT2D eigenvalue weighted by Crippen LogP contribution is -2.48. The van der Waals surface area contributed by atoms with Gasteiger partial charge in [-0.2, -0.15) is 0 Å². The molecular weight excluding hydrogens is 394 g/mol. The van der Waals surface area contributed by atoms with Crippen LogP contribution in [0, 0.1) is 10.2 Å². The van der Waals surface area contributed by atoms with Crippen LogP contribution in [0.2, 0.25) is 0 Å². The molecule has 0 fully saturated rings. The van der Waals surface area contributed by atoms with Gasteiger partial charge < -0.3 is 35.7 Å². The standard InChI is InChI=1S/C16H23N3O8S/c1-3-4-19-14(24)8(13(23)18-16(19)28)5-9(17)12(11(22)10(21)6-20)27-7(2)15(25)26/h3,7,10-12,17,20-22,24H,1,4-6H2,2H3,(H,25,26)(H,18,23,28)/t7-,10-,11+,12-/m1/s1. The van der Waals surface area contributed by atoms with Crippen molar-refractivity contribution in [1.29, 1.82) is 5.41 Å². The number of aromatic nitrogens is 2. The Labute approximate surface area is 164 Å². The Morgan fingerprint density at radius 3 is 2.57 bits per heavy atom. The number of nitrogens with zero attached hydrogens (tertiary/aromatic N) is 1. The molecule has 0 aromatic carbocycles. The highest BCUT2D eigenvalue weighted by molar-refractivity contribution is 7.71. The predicted octanol–water partition coefficient (Wildman–Crippen LogP) is -1.07. The molecule has 0 saturated heterocycles. The van der Waals surface area contributed by atoms with E-state index in [2.05, 4.69) is 11.6 Å². The van der Waals surface area contributed by atoms with Crippen LogP contribution in [-0.2, 0) is 22.5 Å². The lowest BCUT2D eigenvalue weighted by molar-refractivity contribution is -0.157. The Morgan fingerprint density at radius 1 is 1.46 bits per heavy atom. The third-order valence-corrected chi connectivity index (χ3v) is 4.20. The fourth-order valence-electron chi connectivity index (χ4n) is 2.31. The molecule has 1 aromatic rings. The van der Waals surface area contributed by atoms with Crippen LogP contribution in [-0.4, -0.2) is 77.8 Å². The zero-order valence-corrected chi connectivity index (χ0v) is 15.8. The number of allylic oxidation sites excluding steroid dienone is 1. The van der Waals surface area contributed by atoms with Gasteiger partial charge >= 0.3 is 5.97 Å². The zero-order chi connectivity index (χ0) is 21.6. The van der Waals surface area contributed by atoms with Gasteiger partial charge in [0, 0.05) is 18.7 Å². The maximum absolute atomic E-state index is 12.2. The Bertz CT molecular complexity index is 849. The van der Waals surface area contributed by atoms with E-state index in [0.29, 0.717) is 0 Å². The number of rotatable bonds is 11. The highest BCUT2D eigenvalue weighted by Gasteiger charge is 2.34. The van der Waals surface area contributed by atoms with Gasteiger partial charge in [-0.05, 0) is 19.1 Å². The Morgan fingerprint density at radius 2 is 2.07 bits per heavy atom. The molecule has 156 valence electrons. The van der Waals surface area contributed by atoms with Crippen LogP contribution in [0.1, 0.15) is 12.5 Å². The van der Waals surface area contributed by atoms with Crippen LogP contribution in [0.25, 0.3) is 0 Å². The third kappa shape index (κ3) is 5.56. The number of aromatic hydroxyl groups is 1. The van der Waals surface area contributed by atoms with E-state index in [1.165, 1.54) is 6.08 Å². The van der Waals surface area contributed by atoms with Gasteiger partial charge in [0.2, 0.25) is 5.88 Å². The average molecular weight is 417 g/mol. The lowest BCUT2D eigenvalue weighted by Gasteiger charge is -2.28. The highest BCUT2D eigenvalue weighted by atomic mass is 32.1. The molecular formula is C16H23N3O8S. The number of carboxylic acid groups (broad SMARTS) is 1. The number of aromatic amines is 1. The van der Waals surface area contributed by atoms with E-state index >= 15 is 0 Å². The molecule has 0 unspecified atom stereocenters. The number of hydrogen-bond acceptors (Lipinski definition) is 9. The number of carboxylic acids is 1. The summed E-state index contributed by atoms with van der Waals surface area (Å²) in [6.45, 7) is 3.86. The molecule has 0 radical (unpaired) electrons. The second-order valence-electron chi connectivity index (χ2n) is 5.94. The van der Waals surface area contributed by atoms with Crippen molar-refractivity contribution >= 4 is 23.9 Å². The Hall–Kier alpha value is -2.38. The summed E-state index contributed by atoms with van der Waals surface area (Å²) in [5.41, 5.74) is -1.56. The topological polar surface area (TPSA) is 189 Å². The molecule has 1 heterocycles. The summed E-state index contributed by atoms with van der Waals surface area (Å²) >= 11 is 4.95. The number of hydrogen-bond donors (Lipinski definition) is 7. The summed E-state index contributed by atoms with van der Waals surface area (Å²) < 4.78 is 6.21. The lowest BCUT2D eigenvalue weighted by atomic mass is 9.98. The molecule has 0 aliphatic rings. The van der Waals surface area contributed by atoms with Gasteiger partial charge in [0.25, 0.3) is 5.56 Å². The molecule has 1 aromatic heterocycles. The van der Waals surface area contributed by atoms with Crippen LogP contribution >= 0.6 is 12.2 Å². The Balaban J connectivity index is 3.29. The predicted molar refractivity (Wildman–Crippen MR) is 100 cm³/mol. The number of carbonyl (C=O) groups is 1. The molecule has 0 amide bonds. The molecule has 0 aliphatic heterocycles. The van der Waals surface area contributed by atoms with Crippen LogP contribution < -0.4 is 5.56 Å². The second kappa shape index (κ2) is 10.2. The van der Waals surface area contributed by atoms with Crippen molar-refractivity contribution in [1.82, 2.24) is 9.55 Å². The van der Waals surface area contributed by atoms with Crippen molar-refractivity contribution in [3.05, 3.63) is 33.3 Å². The van der Waals surface area contributed by atoms with Crippen LogP contribution in [0.5, 0.6) is 5.88 Å². The number of H-pyrrole nitrogens is 1. The molecule has 4 atom stereocenters. The van der Waals surface area contributed by atoms with Crippen LogP contribution in [0.3, 0.4) is 0 Å². The van der Waals surface area contributed by atoms with Crippen molar-refractivity contribution in [3.8, 4) is 5.88 Å². The normalized spacial score (nSPS) is 15.4. The number of aliphatic carboxylic acids is 1. The summed E-state index contributed by atoms with van der Waals surface area (Å²) in [6, 6.07) is 0. The summed E-state index contributed by atoms with van der Waals surface area (Å²) in [6.07, 6.45) is -5.81. The van der Waals surface area contributed by atoms with E-state index in [9.17, 15) is 24.9 Å². The summed E-state index contributed by atoms with van der Waals surface area (Å²) in [4.78, 5) is 25.5. The minimum absolute atomic E-state index is 0.0688. The SMILES string of the molecule is C=CCn1c(O)c(CC(=N)[C@@H](O[C@H](C)C(=O)O)[C@@H](O)[C@H](O)CO)c(=O)[nH]c1=S. The number of aliphatic hydroxyl groups is 3. The van der Waals surface area contributed by atoms with Gasteiger partial charge in [-0.1, -0.05) is 6.08 Å². The fraction of sp³-hybridized carbons (Fsp3) is 0.500. The minimum atomic E-state index is -1.85. The molecule has 12 heteroatoms. The maximum Gasteiger partial charge on any atom is 0.332 e. The first-order valence-corrected chi connectivity index (χ1v) is 8.54. The van der Waals surface area contributed by atoms with Crippen molar-refractivity contribution in [3.63, 3.8) is 0 Å². The van der Waals surface area contributed by atoms with Gasteiger partial charge in [-0.3, -0.25) is 14.3 Å². The van der Waals surface area contributed by atoms with Crippen molar-refractivity contribution in [2.24, 2.45) is 0 Å². The second-order valence-corrected chi connectivity index (χ2v) is 6.33. The molecule has 0 aliphatic carbocycles. The number of ether oxygens (including phenoxy) is 1.